The molecule has 0 saturated heterocycles. The Morgan fingerprint density at radius 1 is 0.851 bits per heavy atom. The normalized spacial score (nSPS) is 12.3. The van der Waals surface area contributed by atoms with Gasteiger partial charge >= 0.3 is 6.18 Å². The number of amides is 2. The number of anilines is 1. The van der Waals surface area contributed by atoms with Crippen LogP contribution >= 0.6 is 11.6 Å². The van der Waals surface area contributed by atoms with Crippen molar-refractivity contribution in [2.24, 2.45) is 0 Å². The number of benzene rings is 4. The average Bonchev–Trinajstić information content (AvgIpc) is 3.06. The van der Waals surface area contributed by atoms with Crippen LogP contribution in [0.1, 0.15) is 36.5 Å². The SMILES string of the molecule is CCCCNC(=O)[C@@H](Cc1ccccc1)N(Cc1ccccc1)C(=O)CN(c1ccc(Cl)c(C(F)(F)F)c1)S(=O)(=O)c1ccccc1. The highest BCUT2D eigenvalue weighted by Crippen LogP contribution is 2.38. The Morgan fingerprint density at radius 3 is 2.00 bits per heavy atom. The van der Waals surface area contributed by atoms with Crippen molar-refractivity contribution in [3.63, 3.8) is 0 Å². The number of hydrogen-bond acceptors (Lipinski definition) is 4. The number of unbranched alkanes of at least 4 members (excludes halogenated alkanes) is 1. The van der Waals surface area contributed by atoms with E-state index in [-0.39, 0.29) is 17.9 Å². The average molecular weight is 686 g/mol. The number of alkyl halides is 3. The van der Waals surface area contributed by atoms with E-state index >= 15 is 0 Å². The fourth-order valence-electron chi connectivity index (χ4n) is 4.97. The molecule has 0 saturated carbocycles. The predicted octanol–water partition coefficient (Wildman–Crippen LogP) is 7.11. The summed E-state index contributed by atoms with van der Waals surface area (Å²) in [5.74, 6) is -1.22. The smallest absolute Gasteiger partial charge is 0.354 e. The molecule has 0 fully saturated rings. The third-order valence-electron chi connectivity index (χ3n) is 7.45. The second-order valence-corrected chi connectivity index (χ2v) is 13.1. The molecule has 4 aromatic carbocycles. The molecule has 4 aromatic rings. The highest BCUT2D eigenvalue weighted by atomic mass is 35.5. The van der Waals surface area contributed by atoms with Gasteiger partial charge in [-0.15, -0.1) is 0 Å². The zero-order valence-corrected chi connectivity index (χ0v) is 27.2. The van der Waals surface area contributed by atoms with E-state index in [4.69, 9.17) is 11.6 Å². The van der Waals surface area contributed by atoms with Gasteiger partial charge in [-0.3, -0.25) is 13.9 Å². The third kappa shape index (κ3) is 9.36. The first kappa shape index (κ1) is 35.5. The van der Waals surface area contributed by atoms with Crippen LogP contribution < -0.4 is 9.62 Å². The molecule has 12 heteroatoms. The van der Waals surface area contributed by atoms with Gasteiger partial charge < -0.3 is 10.2 Å². The van der Waals surface area contributed by atoms with E-state index in [1.54, 1.807) is 48.5 Å². The summed E-state index contributed by atoms with van der Waals surface area (Å²) in [6.07, 6.45) is -3.25. The predicted molar refractivity (Wildman–Crippen MR) is 176 cm³/mol. The molecule has 0 unspecified atom stereocenters. The third-order valence-corrected chi connectivity index (χ3v) is 9.57. The molecule has 7 nitrogen and oxygen atoms in total. The molecule has 0 aliphatic heterocycles. The summed E-state index contributed by atoms with van der Waals surface area (Å²) in [4.78, 5) is 29.2. The Hall–Kier alpha value is -4.35. The molecular weight excluding hydrogens is 651 g/mol. The second kappa shape index (κ2) is 16.0. The highest BCUT2D eigenvalue weighted by Gasteiger charge is 2.37. The van der Waals surface area contributed by atoms with Gasteiger partial charge in [0.2, 0.25) is 11.8 Å². The van der Waals surface area contributed by atoms with Crippen LogP contribution in [0.25, 0.3) is 0 Å². The fourth-order valence-corrected chi connectivity index (χ4v) is 6.63. The molecule has 2 amide bonds. The van der Waals surface area contributed by atoms with Crippen LogP contribution in [-0.2, 0) is 38.8 Å². The van der Waals surface area contributed by atoms with Crippen molar-refractivity contribution >= 4 is 39.1 Å². The van der Waals surface area contributed by atoms with Gasteiger partial charge in [-0.05, 0) is 47.9 Å². The van der Waals surface area contributed by atoms with E-state index in [9.17, 15) is 31.2 Å². The number of sulfonamides is 1. The Balaban J connectivity index is 1.83. The molecule has 0 bridgehead atoms. The van der Waals surface area contributed by atoms with Gasteiger partial charge in [0.05, 0.1) is 21.2 Å². The number of hydrogen-bond donors (Lipinski definition) is 1. The van der Waals surface area contributed by atoms with Crippen LogP contribution in [0.5, 0.6) is 0 Å². The van der Waals surface area contributed by atoms with Gasteiger partial charge in [0.15, 0.2) is 0 Å². The molecule has 1 atom stereocenters. The lowest BCUT2D eigenvalue weighted by Crippen LogP contribution is -2.53. The van der Waals surface area contributed by atoms with E-state index < -0.39 is 56.9 Å². The van der Waals surface area contributed by atoms with Crippen LogP contribution in [0, 0.1) is 0 Å². The maximum absolute atomic E-state index is 14.4. The van der Waals surface area contributed by atoms with Crippen molar-refractivity contribution in [3.8, 4) is 0 Å². The molecule has 0 heterocycles. The number of halogens is 4. The van der Waals surface area contributed by atoms with Gasteiger partial charge in [-0.2, -0.15) is 13.2 Å². The number of nitrogens with zero attached hydrogens (tertiary/aromatic N) is 2. The van der Waals surface area contributed by atoms with E-state index in [2.05, 4.69) is 5.32 Å². The quantitative estimate of drug-likeness (QED) is 0.143. The van der Waals surface area contributed by atoms with E-state index in [0.29, 0.717) is 28.9 Å². The van der Waals surface area contributed by atoms with Crippen molar-refractivity contribution in [2.75, 3.05) is 17.4 Å². The van der Waals surface area contributed by atoms with E-state index in [0.717, 1.165) is 24.1 Å². The number of rotatable bonds is 14. The summed E-state index contributed by atoms with van der Waals surface area (Å²) in [5.41, 5.74) is -0.236. The molecule has 0 radical (unpaired) electrons. The summed E-state index contributed by atoms with van der Waals surface area (Å²) in [6.45, 7) is 1.39. The van der Waals surface area contributed by atoms with Gasteiger partial charge in [0, 0.05) is 19.5 Å². The highest BCUT2D eigenvalue weighted by molar-refractivity contribution is 7.92. The lowest BCUT2D eigenvalue weighted by Gasteiger charge is -2.34. The Morgan fingerprint density at radius 2 is 1.43 bits per heavy atom. The minimum Gasteiger partial charge on any atom is -0.354 e. The first-order valence-corrected chi connectivity index (χ1v) is 16.8. The van der Waals surface area contributed by atoms with Crippen molar-refractivity contribution < 1.29 is 31.2 Å². The summed E-state index contributed by atoms with van der Waals surface area (Å²) in [7, 11) is -4.58. The van der Waals surface area contributed by atoms with Crippen molar-refractivity contribution in [2.45, 2.75) is 49.8 Å². The Bertz CT molecular complexity index is 1740. The number of nitrogens with one attached hydrogen (secondary N) is 1. The molecule has 0 aliphatic carbocycles. The number of carbonyl (C=O) groups excluding carboxylic acids is 2. The molecular formula is C35H35ClF3N3O4S. The van der Waals surface area contributed by atoms with Crippen molar-refractivity contribution in [1.82, 2.24) is 10.2 Å². The van der Waals surface area contributed by atoms with Crippen molar-refractivity contribution in [1.29, 1.82) is 0 Å². The van der Waals surface area contributed by atoms with Crippen molar-refractivity contribution in [3.05, 3.63) is 131 Å². The molecule has 4 rings (SSSR count). The largest absolute Gasteiger partial charge is 0.417 e. The molecule has 0 aliphatic rings. The van der Waals surface area contributed by atoms with E-state index in [1.165, 1.54) is 29.2 Å². The second-order valence-electron chi connectivity index (χ2n) is 10.8. The monoisotopic (exact) mass is 685 g/mol. The van der Waals surface area contributed by atoms with Crippen LogP contribution in [-0.4, -0.2) is 44.3 Å². The maximum atomic E-state index is 14.4. The first-order chi connectivity index (χ1) is 22.4. The summed E-state index contributed by atoms with van der Waals surface area (Å²) < 4.78 is 70.4. The topological polar surface area (TPSA) is 86.8 Å². The molecule has 248 valence electrons. The van der Waals surface area contributed by atoms with Crippen LogP contribution in [0.15, 0.2) is 114 Å². The minimum absolute atomic E-state index is 0.0635. The Labute approximate surface area is 278 Å². The number of carbonyl (C=O) groups is 2. The lowest BCUT2D eigenvalue weighted by atomic mass is 10.0. The molecule has 0 spiro atoms. The van der Waals surface area contributed by atoms with Crippen LogP contribution in [0.2, 0.25) is 5.02 Å². The Kier molecular flexibility index (Phi) is 12.1. The lowest BCUT2D eigenvalue weighted by molar-refractivity contribution is -0.140. The fraction of sp³-hybridized carbons (Fsp3) is 0.257. The van der Waals surface area contributed by atoms with Gasteiger partial charge in [-0.25, -0.2) is 8.42 Å². The van der Waals surface area contributed by atoms with Crippen LogP contribution in [0.3, 0.4) is 0 Å². The first-order valence-electron chi connectivity index (χ1n) is 15.0. The molecule has 47 heavy (non-hydrogen) atoms. The summed E-state index contributed by atoms with van der Waals surface area (Å²) in [6, 6.07) is 26.6. The van der Waals surface area contributed by atoms with Gasteiger partial charge in [0.1, 0.15) is 12.6 Å². The standard InChI is InChI=1S/C35H35ClF3N3O4S/c1-2-3-21-40-34(44)32(22-26-13-7-4-8-14-26)41(24-27-15-9-5-10-16-27)33(43)25-42(47(45,46)29-17-11-6-12-18-29)28-19-20-31(36)30(23-28)35(37,38)39/h4-20,23,32H,2-3,21-22,24-25H2,1H3,(H,40,44)/t32-/m1/s1. The minimum atomic E-state index is -4.89. The van der Waals surface area contributed by atoms with Gasteiger partial charge in [0.25, 0.3) is 10.0 Å². The zero-order valence-electron chi connectivity index (χ0n) is 25.7. The maximum Gasteiger partial charge on any atom is 0.417 e. The summed E-state index contributed by atoms with van der Waals surface area (Å²) in [5, 5.41) is 2.27. The van der Waals surface area contributed by atoms with Gasteiger partial charge in [-0.1, -0.05) is 104 Å². The van der Waals surface area contributed by atoms with E-state index in [1.807, 2.05) is 25.1 Å². The van der Waals surface area contributed by atoms with Crippen LogP contribution in [0.4, 0.5) is 18.9 Å². The summed E-state index contributed by atoms with van der Waals surface area (Å²) >= 11 is 5.86. The molecule has 0 aromatic heterocycles. The zero-order chi connectivity index (χ0) is 34.0. The molecule has 1 N–H and O–H groups in total.